The van der Waals surface area contributed by atoms with Crippen molar-refractivity contribution in [2.24, 2.45) is 0 Å². The standard InChI is InChI=1S/C15H13BrFNO2/c1-10-3-2-4-12(7-10)18-15(19)9-20-14-8-11(16)5-6-13(14)17/h2-8H,9H2,1H3,(H,18,19). The van der Waals surface area contributed by atoms with Crippen molar-refractivity contribution in [2.75, 3.05) is 11.9 Å². The molecule has 1 amide bonds. The van der Waals surface area contributed by atoms with Gasteiger partial charge in [0.2, 0.25) is 0 Å². The van der Waals surface area contributed by atoms with Crippen LogP contribution in [0.3, 0.4) is 0 Å². The summed E-state index contributed by atoms with van der Waals surface area (Å²) in [5.41, 5.74) is 1.73. The van der Waals surface area contributed by atoms with Crippen LogP contribution in [0.4, 0.5) is 10.1 Å². The maximum absolute atomic E-state index is 13.4. The molecule has 0 aliphatic rings. The van der Waals surface area contributed by atoms with Crippen LogP contribution in [0.25, 0.3) is 0 Å². The average molecular weight is 338 g/mol. The smallest absolute Gasteiger partial charge is 0.262 e. The molecule has 0 spiro atoms. The minimum absolute atomic E-state index is 0.0405. The van der Waals surface area contributed by atoms with Crippen LogP contribution in [-0.2, 0) is 4.79 Å². The lowest BCUT2D eigenvalue weighted by Crippen LogP contribution is -2.20. The number of anilines is 1. The normalized spacial score (nSPS) is 10.2. The molecule has 0 unspecified atom stereocenters. The average Bonchev–Trinajstić information content (AvgIpc) is 2.40. The molecule has 1 N–H and O–H groups in total. The molecule has 2 rings (SSSR count). The molecule has 0 fully saturated rings. The molecule has 2 aromatic rings. The third-order valence-electron chi connectivity index (χ3n) is 2.55. The van der Waals surface area contributed by atoms with Gasteiger partial charge in [0.25, 0.3) is 5.91 Å². The van der Waals surface area contributed by atoms with Gasteiger partial charge in [0.15, 0.2) is 18.2 Å². The van der Waals surface area contributed by atoms with E-state index in [1.54, 1.807) is 12.1 Å². The molecule has 0 radical (unpaired) electrons. The first-order valence-electron chi connectivity index (χ1n) is 5.99. The predicted octanol–water partition coefficient (Wildman–Crippen LogP) is 3.91. The highest BCUT2D eigenvalue weighted by Crippen LogP contribution is 2.22. The van der Waals surface area contributed by atoms with E-state index in [9.17, 15) is 9.18 Å². The van der Waals surface area contributed by atoms with Gasteiger partial charge in [-0.1, -0.05) is 28.1 Å². The van der Waals surface area contributed by atoms with Gasteiger partial charge in [-0.3, -0.25) is 4.79 Å². The first-order chi connectivity index (χ1) is 9.54. The molecule has 5 heteroatoms. The molecule has 0 saturated heterocycles. The fourth-order valence-corrected chi connectivity index (χ4v) is 1.99. The summed E-state index contributed by atoms with van der Waals surface area (Å²) in [6, 6.07) is 11.7. The van der Waals surface area contributed by atoms with Gasteiger partial charge < -0.3 is 10.1 Å². The highest BCUT2D eigenvalue weighted by atomic mass is 79.9. The molecule has 0 atom stereocenters. The lowest BCUT2D eigenvalue weighted by molar-refractivity contribution is -0.118. The highest BCUT2D eigenvalue weighted by Gasteiger charge is 2.08. The van der Waals surface area contributed by atoms with E-state index >= 15 is 0 Å². The second-order valence-electron chi connectivity index (χ2n) is 4.28. The fourth-order valence-electron chi connectivity index (χ4n) is 1.65. The number of aryl methyl sites for hydroxylation is 1. The van der Waals surface area contributed by atoms with Crippen LogP contribution >= 0.6 is 15.9 Å². The Morgan fingerprint density at radius 3 is 2.85 bits per heavy atom. The third-order valence-corrected chi connectivity index (χ3v) is 3.05. The van der Waals surface area contributed by atoms with Crippen molar-refractivity contribution in [3.8, 4) is 5.75 Å². The second kappa shape index (κ2) is 6.52. The largest absolute Gasteiger partial charge is 0.481 e. The number of ether oxygens (including phenoxy) is 1. The van der Waals surface area contributed by atoms with Crippen LogP contribution in [0, 0.1) is 12.7 Å². The maximum Gasteiger partial charge on any atom is 0.262 e. The minimum Gasteiger partial charge on any atom is -0.481 e. The van der Waals surface area contributed by atoms with Gasteiger partial charge >= 0.3 is 0 Å². The van der Waals surface area contributed by atoms with E-state index in [0.29, 0.717) is 10.2 Å². The lowest BCUT2D eigenvalue weighted by atomic mass is 10.2. The summed E-state index contributed by atoms with van der Waals surface area (Å²) in [5.74, 6) is -0.801. The number of halogens is 2. The zero-order chi connectivity index (χ0) is 14.5. The van der Waals surface area contributed by atoms with Crippen LogP contribution < -0.4 is 10.1 Å². The number of benzene rings is 2. The molecule has 3 nitrogen and oxygen atoms in total. The summed E-state index contributed by atoms with van der Waals surface area (Å²) >= 11 is 3.22. The zero-order valence-corrected chi connectivity index (χ0v) is 12.4. The first kappa shape index (κ1) is 14.5. The van der Waals surface area contributed by atoms with E-state index in [2.05, 4.69) is 21.2 Å². The molecule has 0 heterocycles. The van der Waals surface area contributed by atoms with E-state index in [1.807, 2.05) is 25.1 Å². The third kappa shape index (κ3) is 4.06. The number of nitrogens with one attached hydrogen (secondary N) is 1. The first-order valence-corrected chi connectivity index (χ1v) is 6.78. The maximum atomic E-state index is 13.4. The fraction of sp³-hybridized carbons (Fsp3) is 0.133. The Morgan fingerprint density at radius 1 is 1.30 bits per heavy atom. The van der Waals surface area contributed by atoms with E-state index in [0.717, 1.165) is 5.56 Å². The van der Waals surface area contributed by atoms with Crippen molar-refractivity contribution in [2.45, 2.75) is 6.92 Å². The summed E-state index contributed by atoms with van der Waals surface area (Å²) in [5, 5.41) is 2.69. The Morgan fingerprint density at radius 2 is 2.10 bits per heavy atom. The van der Waals surface area contributed by atoms with E-state index < -0.39 is 5.82 Å². The van der Waals surface area contributed by atoms with Gasteiger partial charge in [0, 0.05) is 10.2 Å². The van der Waals surface area contributed by atoms with Crippen LogP contribution in [0.2, 0.25) is 0 Å². The molecule has 0 saturated carbocycles. The monoisotopic (exact) mass is 337 g/mol. The summed E-state index contributed by atoms with van der Waals surface area (Å²) in [6.07, 6.45) is 0. The highest BCUT2D eigenvalue weighted by molar-refractivity contribution is 9.10. The molecule has 20 heavy (non-hydrogen) atoms. The van der Waals surface area contributed by atoms with Crippen molar-refractivity contribution in [1.82, 2.24) is 0 Å². The van der Waals surface area contributed by atoms with E-state index in [-0.39, 0.29) is 18.3 Å². The lowest BCUT2D eigenvalue weighted by Gasteiger charge is -2.09. The number of carbonyl (C=O) groups is 1. The minimum atomic E-state index is -0.503. The van der Waals surface area contributed by atoms with Crippen LogP contribution in [-0.4, -0.2) is 12.5 Å². The molecular formula is C15H13BrFNO2. The van der Waals surface area contributed by atoms with Crippen molar-refractivity contribution in [3.05, 3.63) is 58.3 Å². The van der Waals surface area contributed by atoms with Gasteiger partial charge in [-0.05, 0) is 42.8 Å². The van der Waals surface area contributed by atoms with Crippen LogP contribution in [0.15, 0.2) is 46.9 Å². The second-order valence-corrected chi connectivity index (χ2v) is 5.20. The molecule has 104 valence electrons. The topological polar surface area (TPSA) is 38.3 Å². The number of amides is 1. The van der Waals surface area contributed by atoms with Gasteiger partial charge in [-0.25, -0.2) is 4.39 Å². The number of carbonyl (C=O) groups excluding carboxylic acids is 1. The summed E-state index contributed by atoms with van der Waals surface area (Å²) in [7, 11) is 0. The van der Waals surface area contributed by atoms with Crippen molar-refractivity contribution < 1.29 is 13.9 Å². The van der Waals surface area contributed by atoms with Gasteiger partial charge in [0.05, 0.1) is 0 Å². The van der Waals surface area contributed by atoms with Gasteiger partial charge in [-0.2, -0.15) is 0 Å². The summed E-state index contributed by atoms with van der Waals surface area (Å²) < 4.78 is 19.3. The number of hydrogen-bond acceptors (Lipinski definition) is 2. The molecule has 0 aliphatic heterocycles. The SMILES string of the molecule is Cc1cccc(NC(=O)COc2cc(Br)ccc2F)c1. The van der Waals surface area contributed by atoms with Crippen molar-refractivity contribution in [3.63, 3.8) is 0 Å². The molecule has 0 aliphatic carbocycles. The molecule has 2 aromatic carbocycles. The van der Waals surface area contributed by atoms with E-state index in [4.69, 9.17) is 4.74 Å². The van der Waals surface area contributed by atoms with Crippen LogP contribution in [0.1, 0.15) is 5.56 Å². The van der Waals surface area contributed by atoms with Crippen molar-refractivity contribution >= 4 is 27.5 Å². The predicted molar refractivity (Wildman–Crippen MR) is 79.4 cm³/mol. The molecule has 0 aromatic heterocycles. The van der Waals surface area contributed by atoms with E-state index in [1.165, 1.54) is 12.1 Å². The molecule has 0 bridgehead atoms. The van der Waals surface area contributed by atoms with Gasteiger partial charge in [-0.15, -0.1) is 0 Å². The van der Waals surface area contributed by atoms with Crippen molar-refractivity contribution in [1.29, 1.82) is 0 Å². The molecular weight excluding hydrogens is 325 g/mol. The quantitative estimate of drug-likeness (QED) is 0.918. The Kier molecular flexibility index (Phi) is 4.74. The Balaban J connectivity index is 1.94. The van der Waals surface area contributed by atoms with Gasteiger partial charge in [0.1, 0.15) is 0 Å². The van der Waals surface area contributed by atoms with Crippen LogP contribution in [0.5, 0.6) is 5.75 Å². The summed E-state index contributed by atoms with van der Waals surface area (Å²) in [4.78, 5) is 11.7. The number of rotatable bonds is 4. The zero-order valence-electron chi connectivity index (χ0n) is 10.8. The Hall–Kier alpha value is -1.88. The number of hydrogen-bond donors (Lipinski definition) is 1. The Bertz CT molecular complexity index is 631. The summed E-state index contributed by atoms with van der Waals surface area (Å²) in [6.45, 7) is 1.68. The Labute approximate surface area is 124 Å².